The monoisotopic (exact) mass is 487 g/mol. The van der Waals surface area contributed by atoms with Gasteiger partial charge in [0, 0.05) is 61.8 Å². The minimum Gasteiger partial charge on any atom is -0.381 e. The van der Waals surface area contributed by atoms with E-state index in [1.165, 1.54) is 16.7 Å². The third kappa shape index (κ3) is 4.89. The maximum atomic E-state index is 12.9. The molecule has 3 heterocycles. The molecule has 3 aromatic rings. The summed E-state index contributed by atoms with van der Waals surface area (Å²) in [6, 6.07) is 13.1. The molecule has 1 atom stereocenters. The molecule has 1 aromatic heterocycles. The predicted octanol–water partition coefficient (Wildman–Crippen LogP) is 4.80. The molecule has 0 bridgehead atoms. The molecule has 7 nitrogen and oxygen atoms in total. The van der Waals surface area contributed by atoms with Crippen molar-refractivity contribution in [1.82, 2.24) is 15.1 Å². The second kappa shape index (κ2) is 10.4. The summed E-state index contributed by atoms with van der Waals surface area (Å²) in [6.07, 6.45) is 1.70. The molecule has 1 amide bonds. The first-order valence-corrected chi connectivity index (χ1v) is 13.1. The van der Waals surface area contributed by atoms with Gasteiger partial charge in [-0.25, -0.2) is 0 Å². The molecule has 190 valence electrons. The largest absolute Gasteiger partial charge is 0.381 e. The molecular weight excluding hydrogens is 450 g/mol. The molecule has 2 aromatic carbocycles. The Morgan fingerprint density at radius 1 is 1.00 bits per heavy atom. The lowest BCUT2D eigenvalue weighted by molar-refractivity contribution is -0.138. The quantitative estimate of drug-likeness (QED) is 0.557. The van der Waals surface area contributed by atoms with Gasteiger partial charge >= 0.3 is 0 Å². The van der Waals surface area contributed by atoms with E-state index in [2.05, 4.69) is 77.6 Å². The van der Waals surface area contributed by atoms with Gasteiger partial charge in [0.25, 0.3) is 0 Å². The van der Waals surface area contributed by atoms with Gasteiger partial charge in [-0.1, -0.05) is 24.3 Å². The van der Waals surface area contributed by atoms with Crippen molar-refractivity contribution in [2.75, 3.05) is 49.6 Å². The van der Waals surface area contributed by atoms with Crippen molar-refractivity contribution >= 4 is 28.2 Å². The Hall–Kier alpha value is -3.19. The number of hydrogen-bond acceptors (Lipinski definition) is 6. The fourth-order valence-corrected chi connectivity index (χ4v) is 5.49. The zero-order chi connectivity index (χ0) is 25.2. The lowest BCUT2D eigenvalue weighted by Gasteiger charge is -2.38. The van der Waals surface area contributed by atoms with Crippen LogP contribution in [0.5, 0.6) is 0 Å². The van der Waals surface area contributed by atoms with Crippen molar-refractivity contribution in [2.24, 2.45) is 5.92 Å². The predicted molar refractivity (Wildman–Crippen MR) is 145 cm³/mol. The number of carbonyl (C=O) groups is 1. The van der Waals surface area contributed by atoms with Crippen LogP contribution in [-0.2, 0) is 9.53 Å². The van der Waals surface area contributed by atoms with Crippen molar-refractivity contribution in [3.63, 3.8) is 0 Å². The molecule has 0 saturated carbocycles. The Morgan fingerprint density at radius 3 is 2.50 bits per heavy atom. The number of aromatic nitrogens is 2. The van der Waals surface area contributed by atoms with Gasteiger partial charge in [-0.05, 0) is 69.4 Å². The fourth-order valence-electron chi connectivity index (χ4n) is 5.49. The van der Waals surface area contributed by atoms with Crippen molar-refractivity contribution in [3.8, 4) is 0 Å². The SMILES string of the molecule is Cc1cccc([C@@H](C)Nc2nnc(C)c3ccc(N4CCN(C(=O)C5CCOCC5)CC4)cc23)c1C. The summed E-state index contributed by atoms with van der Waals surface area (Å²) in [6.45, 7) is 13.1. The summed E-state index contributed by atoms with van der Waals surface area (Å²) < 4.78 is 5.43. The van der Waals surface area contributed by atoms with E-state index in [-0.39, 0.29) is 12.0 Å². The molecule has 0 unspecified atom stereocenters. The second-order valence-electron chi connectivity index (χ2n) is 10.2. The Bertz CT molecular complexity index is 1250. The van der Waals surface area contributed by atoms with Crippen LogP contribution in [0.1, 0.15) is 48.2 Å². The first-order chi connectivity index (χ1) is 17.4. The first-order valence-electron chi connectivity index (χ1n) is 13.1. The van der Waals surface area contributed by atoms with E-state index in [0.717, 1.165) is 67.0 Å². The number of ether oxygens (including phenoxy) is 1. The van der Waals surface area contributed by atoms with E-state index in [0.29, 0.717) is 19.1 Å². The van der Waals surface area contributed by atoms with Gasteiger partial charge in [0.15, 0.2) is 5.82 Å². The minimum absolute atomic E-state index is 0.105. The first kappa shape index (κ1) is 24.5. The number of aryl methyl sites for hydroxylation is 2. The van der Waals surface area contributed by atoms with E-state index in [9.17, 15) is 4.79 Å². The van der Waals surface area contributed by atoms with Crippen molar-refractivity contribution in [2.45, 2.75) is 46.6 Å². The third-order valence-corrected chi connectivity index (χ3v) is 7.94. The van der Waals surface area contributed by atoms with E-state index in [1.807, 2.05) is 11.8 Å². The van der Waals surface area contributed by atoms with E-state index < -0.39 is 0 Å². The number of fused-ring (bicyclic) bond motifs is 1. The van der Waals surface area contributed by atoms with Crippen LogP contribution in [-0.4, -0.2) is 60.4 Å². The van der Waals surface area contributed by atoms with Gasteiger partial charge in [0.2, 0.25) is 5.91 Å². The normalized spacial score (nSPS) is 17.9. The number of anilines is 2. The Balaban J connectivity index is 1.34. The van der Waals surface area contributed by atoms with Crippen molar-refractivity contribution < 1.29 is 9.53 Å². The number of nitrogens with zero attached hydrogens (tertiary/aromatic N) is 4. The molecule has 2 aliphatic rings. The standard InChI is InChI=1S/C29H37N5O2/c1-19-6-5-7-25(20(19)2)21(3)30-28-27-18-24(8-9-26(27)22(4)31-32-28)33-12-14-34(15-13-33)29(35)23-10-16-36-17-11-23/h5-9,18,21,23H,10-17H2,1-4H3,(H,30,32)/t21-/m1/s1. The number of rotatable bonds is 5. The van der Waals surface area contributed by atoms with Gasteiger partial charge < -0.3 is 19.9 Å². The van der Waals surface area contributed by atoms with Gasteiger partial charge in [0.05, 0.1) is 11.7 Å². The highest BCUT2D eigenvalue weighted by Gasteiger charge is 2.29. The maximum Gasteiger partial charge on any atom is 0.225 e. The molecule has 1 N–H and O–H groups in total. The van der Waals surface area contributed by atoms with E-state index in [4.69, 9.17) is 4.74 Å². The van der Waals surface area contributed by atoms with Crippen LogP contribution in [0, 0.1) is 26.7 Å². The van der Waals surface area contributed by atoms with Crippen LogP contribution >= 0.6 is 0 Å². The summed E-state index contributed by atoms with van der Waals surface area (Å²) in [5.74, 6) is 1.23. The van der Waals surface area contributed by atoms with E-state index in [1.54, 1.807) is 0 Å². The fraction of sp³-hybridized carbons (Fsp3) is 0.483. The highest BCUT2D eigenvalue weighted by Crippen LogP contribution is 2.31. The Labute approximate surface area is 213 Å². The lowest BCUT2D eigenvalue weighted by Crippen LogP contribution is -2.51. The lowest BCUT2D eigenvalue weighted by atomic mass is 9.98. The van der Waals surface area contributed by atoms with Crippen LogP contribution in [0.2, 0.25) is 0 Å². The van der Waals surface area contributed by atoms with Crippen molar-refractivity contribution in [1.29, 1.82) is 0 Å². The van der Waals surface area contributed by atoms with Crippen LogP contribution < -0.4 is 10.2 Å². The molecule has 0 spiro atoms. The summed E-state index contributed by atoms with van der Waals surface area (Å²) in [7, 11) is 0. The molecule has 7 heteroatoms. The van der Waals surface area contributed by atoms with Gasteiger partial charge in [-0.2, -0.15) is 5.10 Å². The van der Waals surface area contributed by atoms with Crippen LogP contribution in [0.3, 0.4) is 0 Å². The summed E-state index contributed by atoms with van der Waals surface area (Å²) in [4.78, 5) is 17.4. The second-order valence-corrected chi connectivity index (χ2v) is 10.2. The topological polar surface area (TPSA) is 70.6 Å². The number of carbonyl (C=O) groups excluding carboxylic acids is 1. The van der Waals surface area contributed by atoms with Gasteiger partial charge in [-0.15, -0.1) is 5.10 Å². The highest BCUT2D eigenvalue weighted by atomic mass is 16.5. The number of piperazine rings is 1. The third-order valence-electron chi connectivity index (χ3n) is 7.94. The molecule has 2 aliphatic heterocycles. The number of amides is 1. The molecule has 0 radical (unpaired) electrons. The number of hydrogen-bond donors (Lipinski definition) is 1. The van der Waals surface area contributed by atoms with Gasteiger partial charge in [0.1, 0.15) is 0 Å². The smallest absolute Gasteiger partial charge is 0.225 e. The number of benzene rings is 2. The average molecular weight is 488 g/mol. The van der Waals surface area contributed by atoms with Crippen molar-refractivity contribution in [3.05, 3.63) is 58.8 Å². The molecule has 0 aliphatic carbocycles. The average Bonchev–Trinajstić information content (AvgIpc) is 2.91. The molecular formula is C29H37N5O2. The Morgan fingerprint density at radius 2 is 1.75 bits per heavy atom. The molecule has 36 heavy (non-hydrogen) atoms. The minimum atomic E-state index is 0.105. The molecule has 5 rings (SSSR count). The zero-order valence-electron chi connectivity index (χ0n) is 21.9. The Kier molecular flexibility index (Phi) is 7.10. The van der Waals surface area contributed by atoms with Gasteiger partial charge in [-0.3, -0.25) is 4.79 Å². The molecule has 2 fully saturated rings. The zero-order valence-corrected chi connectivity index (χ0v) is 21.9. The summed E-state index contributed by atoms with van der Waals surface area (Å²) >= 11 is 0. The molecule has 2 saturated heterocycles. The van der Waals surface area contributed by atoms with Crippen LogP contribution in [0.25, 0.3) is 10.8 Å². The highest BCUT2D eigenvalue weighted by molar-refractivity contribution is 5.95. The number of nitrogens with one attached hydrogen (secondary N) is 1. The maximum absolute atomic E-state index is 12.9. The van der Waals surface area contributed by atoms with Crippen LogP contribution in [0.4, 0.5) is 11.5 Å². The van der Waals surface area contributed by atoms with Crippen LogP contribution in [0.15, 0.2) is 36.4 Å². The summed E-state index contributed by atoms with van der Waals surface area (Å²) in [5, 5.41) is 14.8. The summed E-state index contributed by atoms with van der Waals surface area (Å²) in [5.41, 5.74) is 5.95. The van der Waals surface area contributed by atoms with E-state index >= 15 is 0 Å².